The molecule has 0 radical (unpaired) electrons. The number of rotatable bonds is 6. The van der Waals surface area contributed by atoms with Gasteiger partial charge in [0.1, 0.15) is 0 Å². The van der Waals surface area contributed by atoms with Crippen LogP contribution in [0.4, 0.5) is 0 Å². The Hall–Kier alpha value is -0.930. The van der Waals surface area contributed by atoms with Crippen LogP contribution in [0.5, 0.6) is 0 Å². The zero-order chi connectivity index (χ0) is 12.8. The van der Waals surface area contributed by atoms with Crippen LogP contribution in [0.2, 0.25) is 0 Å². The van der Waals surface area contributed by atoms with Crippen LogP contribution < -0.4 is 11.1 Å². The van der Waals surface area contributed by atoms with Gasteiger partial charge in [-0.1, -0.05) is 31.2 Å². The molecule has 1 aliphatic heterocycles. The first-order chi connectivity index (χ1) is 8.81. The van der Waals surface area contributed by atoms with Gasteiger partial charge in [0.15, 0.2) is 0 Å². The number of aryl methyl sites for hydroxylation is 1. The molecule has 18 heavy (non-hydrogen) atoms. The van der Waals surface area contributed by atoms with Crippen molar-refractivity contribution in [3.63, 3.8) is 0 Å². The molecule has 0 saturated heterocycles. The molecule has 1 aromatic rings. The second kappa shape index (κ2) is 6.86. The molecular formula is C15H22N2S. The number of hydrogen-bond acceptors (Lipinski definition) is 3. The molecule has 1 unspecified atom stereocenters. The first kappa shape index (κ1) is 13.5. The molecule has 98 valence electrons. The van der Waals surface area contributed by atoms with E-state index in [-0.39, 0.29) is 0 Å². The van der Waals surface area contributed by atoms with E-state index in [0.717, 1.165) is 25.8 Å². The molecule has 0 saturated carbocycles. The van der Waals surface area contributed by atoms with Crippen molar-refractivity contribution in [3.05, 3.63) is 46.5 Å². The van der Waals surface area contributed by atoms with Crippen LogP contribution in [0.25, 0.3) is 0 Å². The van der Waals surface area contributed by atoms with Gasteiger partial charge in [-0.25, -0.2) is 0 Å². The highest BCUT2D eigenvalue weighted by atomic mass is 32.2. The van der Waals surface area contributed by atoms with Crippen LogP contribution in [0.15, 0.2) is 35.4 Å². The average molecular weight is 262 g/mol. The van der Waals surface area contributed by atoms with Crippen molar-refractivity contribution in [1.82, 2.24) is 5.32 Å². The van der Waals surface area contributed by atoms with E-state index in [1.165, 1.54) is 23.2 Å². The summed E-state index contributed by atoms with van der Waals surface area (Å²) in [5.74, 6) is 0. The Morgan fingerprint density at radius 2 is 2.00 bits per heavy atom. The molecule has 3 N–H and O–H groups in total. The third-order valence-corrected chi connectivity index (χ3v) is 4.40. The second-order valence-electron chi connectivity index (χ2n) is 4.68. The van der Waals surface area contributed by atoms with Crippen molar-refractivity contribution in [2.24, 2.45) is 5.73 Å². The minimum absolute atomic E-state index is 0.587. The average Bonchev–Trinajstić information content (AvgIpc) is 2.85. The van der Waals surface area contributed by atoms with Crippen molar-refractivity contribution < 1.29 is 0 Å². The van der Waals surface area contributed by atoms with Crippen LogP contribution in [0, 0.1) is 0 Å². The molecule has 2 nitrogen and oxygen atoms in total. The second-order valence-corrected chi connectivity index (χ2v) is 5.76. The molecule has 0 fully saturated rings. The van der Waals surface area contributed by atoms with E-state index in [9.17, 15) is 0 Å². The predicted molar refractivity (Wildman–Crippen MR) is 80.4 cm³/mol. The van der Waals surface area contributed by atoms with Crippen molar-refractivity contribution in [1.29, 1.82) is 0 Å². The monoisotopic (exact) mass is 262 g/mol. The van der Waals surface area contributed by atoms with Crippen LogP contribution in [0.1, 0.15) is 30.9 Å². The Kier molecular flexibility index (Phi) is 5.14. The normalized spacial score (nSPS) is 18.6. The van der Waals surface area contributed by atoms with Crippen LogP contribution in [0.3, 0.4) is 0 Å². The van der Waals surface area contributed by atoms with E-state index in [2.05, 4.69) is 41.9 Å². The Labute approximate surface area is 114 Å². The zero-order valence-corrected chi connectivity index (χ0v) is 11.8. The number of allylic oxidation sites excluding steroid dienone is 1. The van der Waals surface area contributed by atoms with Gasteiger partial charge in [-0.2, -0.15) is 0 Å². The van der Waals surface area contributed by atoms with Crippen LogP contribution in [-0.4, -0.2) is 11.9 Å². The number of nitrogens with two attached hydrogens (primary N) is 1. The summed E-state index contributed by atoms with van der Waals surface area (Å²) in [5.41, 5.74) is 9.74. The smallest absolute Gasteiger partial charge is 0.0758 e. The third-order valence-electron chi connectivity index (χ3n) is 3.20. The minimum Gasteiger partial charge on any atom is -0.376 e. The van der Waals surface area contributed by atoms with Crippen molar-refractivity contribution in [2.75, 3.05) is 6.54 Å². The lowest BCUT2D eigenvalue weighted by Gasteiger charge is -2.10. The van der Waals surface area contributed by atoms with E-state index in [4.69, 9.17) is 5.73 Å². The first-order valence-corrected chi connectivity index (χ1v) is 7.65. The summed E-state index contributed by atoms with van der Waals surface area (Å²) in [7, 11) is 0. The fourth-order valence-electron chi connectivity index (χ4n) is 2.15. The van der Waals surface area contributed by atoms with Crippen molar-refractivity contribution in [3.8, 4) is 0 Å². The molecule has 1 aromatic carbocycles. The number of thioether (sulfide) groups is 1. The molecule has 2 rings (SSSR count). The van der Waals surface area contributed by atoms with E-state index >= 15 is 0 Å². The summed E-state index contributed by atoms with van der Waals surface area (Å²) in [6.07, 6.45) is 4.36. The molecule has 1 aliphatic rings. The quantitative estimate of drug-likeness (QED) is 0.827. The maximum absolute atomic E-state index is 5.59. The topological polar surface area (TPSA) is 38.0 Å². The summed E-state index contributed by atoms with van der Waals surface area (Å²) < 4.78 is 0. The van der Waals surface area contributed by atoms with Gasteiger partial charge in [-0.05, 0) is 48.8 Å². The van der Waals surface area contributed by atoms with Crippen LogP contribution in [-0.2, 0) is 12.8 Å². The maximum Gasteiger partial charge on any atom is 0.0758 e. The number of benzene rings is 1. The highest BCUT2D eigenvalue weighted by Crippen LogP contribution is 2.25. The van der Waals surface area contributed by atoms with Gasteiger partial charge in [0.2, 0.25) is 0 Å². The molecular weight excluding hydrogens is 240 g/mol. The van der Waals surface area contributed by atoms with E-state index in [0.29, 0.717) is 5.37 Å². The summed E-state index contributed by atoms with van der Waals surface area (Å²) in [6.45, 7) is 2.95. The highest BCUT2D eigenvalue weighted by Gasteiger charge is 2.13. The fourth-order valence-corrected chi connectivity index (χ4v) is 3.08. The number of hydrogen-bond donors (Lipinski definition) is 2. The lowest BCUT2D eigenvalue weighted by atomic mass is 10.0. The molecule has 3 heteroatoms. The predicted octanol–water partition coefficient (Wildman–Crippen LogP) is 3.03. The molecule has 0 aromatic heterocycles. The molecule has 0 spiro atoms. The third kappa shape index (κ3) is 3.79. The largest absolute Gasteiger partial charge is 0.376 e. The van der Waals surface area contributed by atoms with Crippen LogP contribution >= 0.6 is 11.8 Å². The van der Waals surface area contributed by atoms with Gasteiger partial charge in [0.05, 0.1) is 5.37 Å². The SMILES string of the molecule is CCC1NC(CCc2cccc(CCN)c2)=CS1. The minimum atomic E-state index is 0.587. The van der Waals surface area contributed by atoms with E-state index in [1.807, 2.05) is 11.8 Å². The van der Waals surface area contributed by atoms with Gasteiger partial charge in [-0.15, -0.1) is 11.8 Å². The summed E-state index contributed by atoms with van der Waals surface area (Å²) in [4.78, 5) is 0. The highest BCUT2D eigenvalue weighted by molar-refractivity contribution is 8.02. The summed E-state index contributed by atoms with van der Waals surface area (Å²) in [6, 6.07) is 8.79. The Bertz CT molecular complexity index is 415. The molecule has 0 aliphatic carbocycles. The zero-order valence-electron chi connectivity index (χ0n) is 11.0. The van der Waals surface area contributed by atoms with Gasteiger partial charge < -0.3 is 11.1 Å². The number of nitrogens with one attached hydrogen (secondary N) is 1. The summed E-state index contributed by atoms with van der Waals surface area (Å²) in [5, 5.41) is 6.42. The fraction of sp³-hybridized carbons (Fsp3) is 0.467. The lowest BCUT2D eigenvalue weighted by molar-refractivity contribution is 0.698. The van der Waals surface area contributed by atoms with E-state index < -0.39 is 0 Å². The molecule has 1 heterocycles. The molecule has 0 bridgehead atoms. The van der Waals surface area contributed by atoms with Gasteiger partial charge in [0, 0.05) is 5.70 Å². The molecule has 0 amide bonds. The summed E-state index contributed by atoms with van der Waals surface area (Å²) >= 11 is 1.91. The Morgan fingerprint density at radius 3 is 2.67 bits per heavy atom. The Balaban J connectivity index is 1.85. The maximum atomic E-state index is 5.59. The van der Waals surface area contributed by atoms with Gasteiger partial charge in [-0.3, -0.25) is 0 Å². The Morgan fingerprint density at radius 1 is 1.22 bits per heavy atom. The van der Waals surface area contributed by atoms with E-state index in [1.54, 1.807) is 0 Å². The molecule has 1 atom stereocenters. The standard InChI is InChI=1S/C15H22N2S/c1-2-15-17-14(11-18-15)7-6-12-4-3-5-13(10-12)8-9-16/h3-5,10-11,15,17H,2,6-9,16H2,1H3. The van der Waals surface area contributed by atoms with Crippen molar-refractivity contribution in [2.45, 2.75) is 38.0 Å². The first-order valence-electron chi connectivity index (χ1n) is 6.70. The van der Waals surface area contributed by atoms with Gasteiger partial charge >= 0.3 is 0 Å². The lowest BCUT2D eigenvalue weighted by Crippen LogP contribution is -2.19. The van der Waals surface area contributed by atoms with Gasteiger partial charge in [0.25, 0.3) is 0 Å². The van der Waals surface area contributed by atoms with Crippen molar-refractivity contribution >= 4 is 11.8 Å².